The zero-order chi connectivity index (χ0) is 44.9. The van der Waals surface area contributed by atoms with Crippen LogP contribution in [0, 0.1) is 0 Å². The summed E-state index contributed by atoms with van der Waals surface area (Å²) >= 11 is 0. The molecule has 62 heavy (non-hydrogen) atoms. The van der Waals surface area contributed by atoms with Gasteiger partial charge in [0.1, 0.15) is 6.61 Å². The number of ether oxygens (including phenoxy) is 3. The molecule has 0 aromatic rings. The van der Waals surface area contributed by atoms with Gasteiger partial charge >= 0.3 is 11.9 Å². The summed E-state index contributed by atoms with van der Waals surface area (Å²) in [5.74, 6) is -0.448. The smallest absolute Gasteiger partial charge is 0.306 e. The number of hydrogen-bond donors (Lipinski definition) is 0. The SMILES string of the molecule is CC/C=C\C/C=C\C/C=C\C/C=C\C/C=C\CCCCCC(=O)OCC(COCCCCCCCCCCCCCC)OC(=O)CCCCCCC/C=C\C/C=C\CCCCC. The molecule has 0 aliphatic carbocycles. The van der Waals surface area contributed by atoms with Crippen molar-refractivity contribution in [3.05, 3.63) is 85.1 Å². The van der Waals surface area contributed by atoms with Crippen molar-refractivity contribution in [1.82, 2.24) is 0 Å². The fourth-order valence-corrected chi connectivity index (χ4v) is 7.04. The molecule has 0 N–H and O–H groups in total. The first-order chi connectivity index (χ1) is 30.6. The van der Waals surface area contributed by atoms with Crippen molar-refractivity contribution in [3.8, 4) is 0 Å². The Morgan fingerprint density at radius 3 is 1.21 bits per heavy atom. The fraction of sp³-hybridized carbons (Fsp3) is 0.719. The van der Waals surface area contributed by atoms with Crippen LogP contribution < -0.4 is 0 Å². The van der Waals surface area contributed by atoms with Crippen LogP contribution >= 0.6 is 0 Å². The van der Waals surface area contributed by atoms with E-state index in [1.54, 1.807) is 0 Å². The van der Waals surface area contributed by atoms with E-state index in [1.165, 1.54) is 103 Å². The predicted octanol–water partition coefficient (Wildman–Crippen LogP) is 17.7. The highest BCUT2D eigenvalue weighted by Crippen LogP contribution is 2.14. The van der Waals surface area contributed by atoms with Gasteiger partial charge in [-0.2, -0.15) is 0 Å². The molecular weight excluding hydrogens is 765 g/mol. The first-order valence-electron chi connectivity index (χ1n) is 26.1. The third kappa shape index (κ3) is 49.7. The fourth-order valence-electron chi connectivity index (χ4n) is 7.04. The molecule has 0 heterocycles. The molecule has 1 atom stereocenters. The van der Waals surface area contributed by atoms with Gasteiger partial charge in [-0.15, -0.1) is 0 Å². The average molecular weight is 863 g/mol. The lowest BCUT2D eigenvalue weighted by molar-refractivity contribution is -0.163. The third-order valence-electron chi connectivity index (χ3n) is 10.9. The number of rotatable bonds is 47. The standard InChI is InChI=1S/C57H98O5/c1-4-7-10-13-16-19-22-25-27-28-29-30-32-33-35-38-41-44-47-50-56(58)61-54-55(53-60-52-49-46-43-40-37-24-21-18-15-12-9-6-3)62-57(59)51-48-45-42-39-36-34-31-26-23-20-17-14-11-8-5-2/h7,10,16-17,19-20,25-27,29-31,33,35,55H,4-6,8-9,11-15,18,21-24,28,32,34,36-54H2,1-3H3/b10-7-,19-16-,20-17-,27-25-,30-29-,31-26-,35-33-. The summed E-state index contributed by atoms with van der Waals surface area (Å²) in [5, 5.41) is 0. The topological polar surface area (TPSA) is 61.8 Å². The number of carbonyl (C=O) groups is 2. The Morgan fingerprint density at radius 2 is 0.726 bits per heavy atom. The van der Waals surface area contributed by atoms with Gasteiger partial charge in [0.05, 0.1) is 6.61 Å². The molecule has 0 aliphatic heterocycles. The summed E-state index contributed by atoms with van der Waals surface area (Å²) in [6.07, 6.45) is 68.7. The van der Waals surface area contributed by atoms with Crippen LogP contribution in [-0.2, 0) is 23.8 Å². The van der Waals surface area contributed by atoms with Gasteiger partial charge in [0.2, 0.25) is 0 Å². The van der Waals surface area contributed by atoms with Crippen LogP contribution in [0.5, 0.6) is 0 Å². The van der Waals surface area contributed by atoms with E-state index in [1.807, 2.05) is 0 Å². The van der Waals surface area contributed by atoms with E-state index in [-0.39, 0.29) is 25.2 Å². The Morgan fingerprint density at radius 1 is 0.371 bits per heavy atom. The van der Waals surface area contributed by atoms with Crippen LogP contribution in [0.4, 0.5) is 0 Å². The molecule has 0 saturated carbocycles. The molecule has 0 amide bonds. The summed E-state index contributed by atoms with van der Waals surface area (Å²) in [6.45, 7) is 7.65. The minimum Gasteiger partial charge on any atom is -0.462 e. The van der Waals surface area contributed by atoms with Gasteiger partial charge < -0.3 is 14.2 Å². The molecule has 0 bridgehead atoms. The van der Waals surface area contributed by atoms with Crippen molar-refractivity contribution in [2.24, 2.45) is 0 Å². The molecule has 0 aliphatic rings. The van der Waals surface area contributed by atoms with Crippen molar-refractivity contribution in [1.29, 1.82) is 0 Å². The molecule has 0 rings (SSSR count). The maximum atomic E-state index is 12.8. The maximum absolute atomic E-state index is 12.8. The minimum absolute atomic E-state index is 0.0607. The van der Waals surface area contributed by atoms with E-state index in [4.69, 9.17) is 14.2 Å². The molecular formula is C57H98O5. The number of hydrogen-bond acceptors (Lipinski definition) is 5. The van der Waals surface area contributed by atoms with Gasteiger partial charge in [0.15, 0.2) is 6.10 Å². The van der Waals surface area contributed by atoms with Gasteiger partial charge in [-0.25, -0.2) is 0 Å². The average Bonchev–Trinajstić information content (AvgIpc) is 3.27. The van der Waals surface area contributed by atoms with Crippen LogP contribution in [0.25, 0.3) is 0 Å². The highest BCUT2D eigenvalue weighted by molar-refractivity contribution is 5.70. The number of unbranched alkanes of at least 4 members (excludes halogenated alkanes) is 22. The molecule has 1 unspecified atom stereocenters. The Labute approximate surface area is 384 Å². The van der Waals surface area contributed by atoms with E-state index in [0.717, 1.165) is 103 Å². The van der Waals surface area contributed by atoms with E-state index >= 15 is 0 Å². The first kappa shape index (κ1) is 59.1. The van der Waals surface area contributed by atoms with E-state index < -0.39 is 6.10 Å². The van der Waals surface area contributed by atoms with Crippen molar-refractivity contribution < 1.29 is 23.8 Å². The summed E-state index contributed by atoms with van der Waals surface area (Å²) in [7, 11) is 0. The molecule has 5 heteroatoms. The van der Waals surface area contributed by atoms with Crippen LogP contribution in [0.3, 0.4) is 0 Å². The first-order valence-corrected chi connectivity index (χ1v) is 26.1. The summed E-state index contributed by atoms with van der Waals surface area (Å²) in [6, 6.07) is 0. The quantitative estimate of drug-likeness (QED) is 0.0346. The number of carbonyl (C=O) groups excluding carboxylic acids is 2. The Balaban J connectivity index is 4.34. The molecule has 0 saturated heterocycles. The van der Waals surface area contributed by atoms with Gasteiger partial charge in [0.25, 0.3) is 0 Å². The summed E-state index contributed by atoms with van der Waals surface area (Å²) in [4.78, 5) is 25.4. The molecule has 5 nitrogen and oxygen atoms in total. The van der Waals surface area contributed by atoms with Crippen molar-refractivity contribution in [3.63, 3.8) is 0 Å². The molecule has 0 spiro atoms. The summed E-state index contributed by atoms with van der Waals surface area (Å²) in [5.41, 5.74) is 0. The van der Waals surface area contributed by atoms with E-state index in [9.17, 15) is 9.59 Å². The van der Waals surface area contributed by atoms with Gasteiger partial charge in [-0.05, 0) is 96.3 Å². The third-order valence-corrected chi connectivity index (χ3v) is 10.9. The largest absolute Gasteiger partial charge is 0.462 e. The Hall–Kier alpha value is -2.92. The van der Waals surface area contributed by atoms with Crippen molar-refractivity contribution in [2.45, 2.75) is 245 Å². The lowest BCUT2D eigenvalue weighted by Gasteiger charge is -2.18. The highest BCUT2D eigenvalue weighted by Gasteiger charge is 2.17. The zero-order valence-corrected chi connectivity index (χ0v) is 40.9. The predicted molar refractivity (Wildman–Crippen MR) is 270 cm³/mol. The zero-order valence-electron chi connectivity index (χ0n) is 40.9. The Bertz CT molecular complexity index is 1160. The molecule has 0 radical (unpaired) electrons. The van der Waals surface area contributed by atoms with Crippen molar-refractivity contribution >= 4 is 11.9 Å². The lowest BCUT2D eigenvalue weighted by Crippen LogP contribution is -2.30. The maximum Gasteiger partial charge on any atom is 0.306 e. The molecule has 0 aromatic carbocycles. The van der Waals surface area contributed by atoms with Crippen LogP contribution in [0.2, 0.25) is 0 Å². The van der Waals surface area contributed by atoms with Crippen LogP contribution in [-0.4, -0.2) is 37.9 Å². The second kappa shape index (κ2) is 52.4. The summed E-state index contributed by atoms with van der Waals surface area (Å²) < 4.78 is 17.4. The lowest BCUT2D eigenvalue weighted by atomic mass is 10.1. The molecule has 0 fully saturated rings. The Kier molecular flexibility index (Phi) is 50.0. The van der Waals surface area contributed by atoms with Crippen molar-refractivity contribution in [2.75, 3.05) is 19.8 Å². The van der Waals surface area contributed by atoms with Crippen LogP contribution in [0.1, 0.15) is 239 Å². The van der Waals surface area contributed by atoms with Crippen LogP contribution in [0.15, 0.2) is 85.1 Å². The van der Waals surface area contributed by atoms with Gasteiger partial charge in [0, 0.05) is 19.4 Å². The number of allylic oxidation sites excluding steroid dienone is 14. The minimum atomic E-state index is -0.558. The second-order valence-corrected chi connectivity index (χ2v) is 17.0. The van der Waals surface area contributed by atoms with Gasteiger partial charge in [-0.1, -0.05) is 215 Å². The number of esters is 2. The van der Waals surface area contributed by atoms with E-state index in [0.29, 0.717) is 19.4 Å². The highest BCUT2D eigenvalue weighted by atomic mass is 16.6. The van der Waals surface area contributed by atoms with Gasteiger partial charge in [-0.3, -0.25) is 9.59 Å². The molecule has 356 valence electrons. The molecule has 0 aromatic heterocycles. The second-order valence-electron chi connectivity index (χ2n) is 17.0. The normalized spacial score (nSPS) is 12.9. The van der Waals surface area contributed by atoms with E-state index in [2.05, 4.69) is 106 Å². The monoisotopic (exact) mass is 863 g/mol.